The summed E-state index contributed by atoms with van der Waals surface area (Å²) < 4.78 is 0. The van der Waals surface area contributed by atoms with Gasteiger partial charge in [0.25, 0.3) is 0 Å². The van der Waals surface area contributed by atoms with Gasteiger partial charge in [-0.25, -0.2) is 0 Å². The van der Waals surface area contributed by atoms with Crippen LogP contribution in [0.4, 0.5) is 5.69 Å². The van der Waals surface area contributed by atoms with E-state index in [1.807, 2.05) is 0 Å². The summed E-state index contributed by atoms with van der Waals surface area (Å²) in [5, 5.41) is 12.8. The molecule has 1 aromatic carbocycles. The molecular formula is C19H28N2O2. The number of para-hydroxylation sites is 1. The zero-order valence-corrected chi connectivity index (χ0v) is 14.0. The highest BCUT2D eigenvalue weighted by Crippen LogP contribution is 2.30. The molecule has 0 bridgehead atoms. The van der Waals surface area contributed by atoms with Crippen LogP contribution >= 0.6 is 0 Å². The molecule has 0 aromatic heterocycles. The number of rotatable bonds is 5. The summed E-state index contributed by atoms with van der Waals surface area (Å²) in [6.45, 7) is 3.62. The van der Waals surface area contributed by atoms with Gasteiger partial charge in [0.1, 0.15) is 0 Å². The number of fused-ring (bicyclic) bond motifs is 1. The Hall–Kier alpha value is -1.55. The fraction of sp³-hybridized carbons (Fsp3) is 0.632. The van der Waals surface area contributed by atoms with E-state index in [9.17, 15) is 9.90 Å². The van der Waals surface area contributed by atoms with E-state index in [-0.39, 0.29) is 17.9 Å². The Balaban J connectivity index is 1.50. The number of nitrogens with one attached hydrogen (secondary N) is 1. The van der Waals surface area contributed by atoms with Gasteiger partial charge in [0.2, 0.25) is 5.91 Å². The van der Waals surface area contributed by atoms with Gasteiger partial charge in [0, 0.05) is 37.2 Å². The monoisotopic (exact) mass is 316 g/mol. The Labute approximate surface area is 138 Å². The van der Waals surface area contributed by atoms with Gasteiger partial charge in [-0.3, -0.25) is 4.79 Å². The first-order valence-electron chi connectivity index (χ1n) is 8.94. The lowest BCUT2D eigenvalue weighted by Gasteiger charge is -2.37. The number of benzene rings is 1. The molecule has 1 amide bonds. The highest BCUT2D eigenvalue weighted by atomic mass is 16.3. The summed E-state index contributed by atoms with van der Waals surface area (Å²) in [6, 6.07) is 9.00. The Morgan fingerprint density at radius 1 is 1.30 bits per heavy atom. The van der Waals surface area contributed by atoms with Gasteiger partial charge in [0.05, 0.1) is 6.10 Å². The smallest absolute Gasteiger partial charge is 0.221 e. The minimum absolute atomic E-state index is 0.0966. The molecule has 1 aromatic rings. The van der Waals surface area contributed by atoms with Gasteiger partial charge in [0.15, 0.2) is 0 Å². The molecule has 0 spiro atoms. The number of anilines is 1. The second-order valence-corrected chi connectivity index (χ2v) is 7.02. The van der Waals surface area contributed by atoms with Gasteiger partial charge in [-0.2, -0.15) is 0 Å². The maximum Gasteiger partial charge on any atom is 0.221 e. The molecule has 23 heavy (non-hydrogen) atoms. The van der Waals surface area contributed by atoms with Crippen molar-refractivity contribution in [3.63, 3.8) is 0 Å². The highest BCUT2D eigenvalue weighted by molar-refractivity contribution is 5.76. The fourth-order valence-electron chi connectivity index (χ4n) is 3.91. The second kappa shape index (κ2) is 7.35. The minimum Gasteiger partial charge on any atom is -0.393 e. The molecule has 0 radical (unpaired) electrons. The van der Waals surface area contributed by atoms with Crippen LogP contribution in [0.15, 0.2) is 24.3 Å². The van der Waals surface area contributed by atoms with E-state index in [0.29, 0.717) is 19.0 Å². The molecule has 1 fully saturated rings. The van der Waals surface area contributed by atoms with Crippen molar-refractivity contribution in [2.45, 2.75) is 57.6 Å². The molecule has 1 saturated carbocycles. The number of aliphatic hydroxyl groups excluding tert-OH is 1. The van der Waals surface area contributed by atoms with Crippen molar-refractivity contribution in [2.24, 2.45) is 5.92 Å². The number of hydrogen-bond acceptors (Lipinski definition) is 3. The van der Waals surface area contributed by atoms with Crippen LogP contribution in [0.25, 0.3) is 0 Å². The van der Waals surface area contributed by atoms with Crippen LogP contribution in [-0.4, -0.2) is 36.2 Å². The number of carbonyl (C=O) groups is 1. The summed E-state index contributed by atoms with van der Waals surface area (Å²) >= 11 is 0. The topological polar surface area (TPSA) is 52.6 Å². The van der Waals surface area contributed by atoms with Crippen molar-refractivity contribution >= 4 is 11.6 Å². The maximum atomic E-state index is 12.1. The van der Waals surface area contributed by atoms with Gasteiger partial charge >= 0.3 is 0 Å². The SMILES string of the molecule is CC1CCc2ccccc2N1CCC(=O)NCC1CCCC1O. The number of amides is 1. The molecule has 1 aliphatic heterocycles. The van der Waals surface area contributed by atoms with Gasteiger partial charge in [-0.1, -0.05) is 24.6 Å². The van der Waals surface area contributed by atoms with Crippen LogP contribution < -0.4 is 10.2 Å². The summed E-state index contributed by atoms with van der Waals surface area (Å²) in [7, 11) is 0. The molecule has 3 unspecified atom stereocenters. The second-order valence-electron chi connectivity index (χ2n) is 7.02. The Bertz CT molecular complexity index is 546. The minimum atomic E-state index is -0.232. The first-order chi connectivity index (χ1) is 11.1. The Morgan fingerprint density at radius 3 is 2.91 bits per heavy atom. The molecule has 3 atom stereocenters. The van der Waals surface area contributed by atoms with E-state index in [0.717, 1.165) is 38.6 Å². The van der Waals surface area contributed by atoms with E-state index >= 15 is 0 Å². The lowest BCUT2D eigenvalue weighted by molar-refractivity contribution is -0.121. The number of hydrogen-bond donors (Lipinski definition) is 2. The number of aryl methyl sites for hydroxylation is 1. The van der Waals surface area contributed by atoms with E-state index < -0.39 is 0 Å². The van der Waals surface area contributed by atoms with E-state index in [2.05, 4.69) is 41.4 Å². The van der Waals surface area contributed by atoms with Crippen molar-refractivity contribution in [3.05, 3.63) is 29.8 Å². The molecule has 0 saturated heterocycles. The summed E-state index contributed by atoms with van der Waals surface area (Å²) in [4.78, 5) is 14.5. The molecule has 126 valence electrons. The van der Waals surface area contributed by atoms with Gasteiger partial charge < -0.3 is 15.3 Å². The Kier molecular flexibility index (Phi) is 5.21. The van der Waals surface area contributed by atoms with E-state index in [4.69, 9.17) is 0 Å². The van der Waals surface area contributed by atoms with E-state index in [1.165, 1.54) is 11.3 Å². The molecule has 2 N–H and O–H groups in total. The molecule has 4 heteroatoms. The first-order valence-corrected chi connectivity index (χ1v) is 8.94. The highest BCUT2D eigenvalue weighted by Gasteiger charge is 2.26. The first kappa shape index (κ1) is 16.3. The van der Waals surface area contributed by atoms with Crippen LogP contribution in [0.5, 0.6) is 0 Å². The molecule has 2 aliphatic rings. The van der Waals surface area contributed by atoms with Crippen LogP contribution in [-0.2, 0) is 11.2 Å². The molecule has 4 nitrogen and oxygen atoms in total. The van der Waals surface area contributed by atoms with Crippen molar-refractivity contribution < 1.29 is 9.90 Å². The van der Waals surface area contributed by atoms with Crippen LogP contribution in [0.2, 0.25) is 0 Å². The summed E-state index contributed by atoms with van der Waals surface area (Å²) in [5.41, 5.74) is 2.67. The lowest BCUT2D eigenvalue weighted by atomic mass is 9.96. The lowest BCUT2D eigenvalue weighted by Crippen LogP contribution is -2.40. The predicted molar refractivity (Wildman–Crippen MR) is 92.5 cm³/mol. The third kappa shape index (κ3) is 3.86. The van der Waals surface area contributed by atoms with Gasteiger partial charge in [-0.15, -0.1) is 0 Å². The summed E-state index contributed by atoms with van der Waals surface area (Å²) in [6.07, 6.45) is 5.53. The van der Waals surface area contributed by atoms with Gasteiger partial charge in [-0.05, 0) is 44.2 Å². The van der Waals surface area contributed by atoms with Crippen LogP contribution in [0, 0.1) is 5.92 Å². The maximum absolute atomic E-state index is 12.1. The molecular weight excluding hydrogens is 288 g/mol. The zero-order valence-electron chi connectivity index (χ0n) is 14.0. The third-order valence-electron chi connectivity index (χ3n) is 5.42. The quantitative estimate of drug-likeness (QED) is 0.877. The number of aliphatic hydroxyl groups is 1. The van der Waals surface area contributed by atoms with Crippen molar-refractivity contribution in [2.75, 3.05) is 18.0 Å². The van der Waals surface area contributed by atoms with E-state index in [1.54, 1.807) is 0 Å². The molecule has 1 aliphatic carbocycles. The van der Waals surface area contributed by atoms with Crippen LogP contribution in [0.1, 0.15) is 44.6 Å². The normalized spacial score (nSPS) is 26.9. The largest absolute Gasteiger partial charge is 0.393 e. The number of carbonyl (C=O) groups excluding carboxylic acids is 1. The van der Waals surface area contributed by atoms with Crippen LogP contribution in [0.3, 0.4) is 0 Å². The zero-order chi connectivity index (χ0) is 16.2. The third-order valence-corrected chi connectivity index (χ3v) is 5.42. The predicted octanol–water partition coefficient (Wildman–Crippen LogP) is 2.50. The van der Waals surface area contributed by atoms with Crippen molar-refractivity contribution in [1.29, 1.82) is 0 Å². The average Bonchev–Trinajstić information content (AvgIpc) is 2.97. The summed E-state index contributed by atoms with van der Waals surface area (Å²) in [5.74, 6) is 0.341. The average molecular weight is 316 g/mol. The van der Waals surface area contributed by atoms with Crippen molar-refractivity contribution in [1.82, 2.24) is 5.32 Å². The standard InChI is InChI=1S/C19H28N2O2/c1-14-9-10-15-5-2-3-7-17(15)21(14)12-11-19(23)20-13-16-6-4-8-18(16)22/h2-3,5,7,14,16,18,22H,4,6,8-13H2,1H3,(H,20,23). The fourth-order valence-corrected chi connectivity index (χ4v) is 3.91. The molecule has 1 heterocycles. The Morgan fingerprint density at radius 2 is 2.13 bits per heavy atom. The van der Waals surface area contributed by atoms with Crippen molar-refractivity contribution in [3.8, 4) is 0 Å². The number of nitrogens with zero attached hydrogens (tertiary/aromatic N) is 1. The molecule has 3 rings (SSSR count).